The second kappa shape index (κ2) is 8.10. The molecule has 0 saturated carbocycles. The van der Waals surface area contributed by atoms with E-state index in [0.717, 1.165) is 39.3 Å². The number of carbonyl (C=O) groups is 1. The lowest BCUT2D eigenvalue weighted by atomic mass is 10.1. The highest BCUT2D eigenvalue weighted by Crippen LogP contribution is 2.34. The van der Waals surface area contributed by atoms with Gasteiger partial charge in [-0.2, -0.15) is 0 Å². The summed E-state index contributed by atoms with van der Waals surface area (Å²) in [5.41, 5.74) is 3.50. The summed E-state index contributed by atoms with van der Waals surface area (Å²) in [4.78, 5) is 18.3. The Morgan fingerprint density at radius 3 is 3.11 bits per heavy atom. The first-order chi connectivity index (χ1) is 13.3. The molecule has 0 atom stereocenters. The van der Waals surface area contributed by atoms with E-state index >= 15 is 0 Å². The quantitative estimate of drug-likeness (QED) is 0.625. The van der Waals surface area contributed by atoms with Crippen LogP contribution in [0.15, 0.2) is 53.6 Å². The van der Waals surface area contributed by atoms with Crippen LogP contribution in [0.1, 0.15) is 15.9 Å². The first kappa shape index (κ1) is 18.0. The average Bonchev–Trinajstić information content (AvgIpc) is 2.72. The molecule has 0 radical (unpaired) electrons. The van der Waals surface area contributed by atoms with Gasteiger partial charge in [0.1, 0.15) is 12.4 Å². The highest BCUT2D eigenvalue weighted by atomic mass is 33.1. The summed E-state index contributed by atoms with van der Waals surface area (Å²) in [6.45, 7) is 1.92. The maximum Gasteiger partial charge on any atom is 0.252 e. The molecule has 0 fully saturated rings. The summed E-state index contributed by atoms with van der Waals surface area (Å²) in [5.74, 6) is 0.755. The number of hydrogen-bond acceptors (Lipinski definition) is 6. The minimum absolute atomic E-state index is 0.101. The van der Waals surface area contributed by atoms with Gasteiger partial charge in [-0.15, -0.1) is 0 Å². The number of nitrogens with zero attached hydrogens (tertiary/aromatic N) is 1. The Bertz CT molecular complexity index is 994. The van der Waals surface area contributed by atoms with Crippen LogP contribution in [0.25, 0.3) is 10.9 Å². The van der Waals surface area contributed by atoms with Crippen LogP contribution < -0.4 is 15.4 Å². The number of fused-ring (bicyclic) bond motifs is 2. The topological polar surface area (TPSA) is 63.2 Å². The Morgan fingerprint density at radius 2 is 2.22 bits per heavy atom. The lowest BCUT2D eigenvalue weighted by molar-refractivity contribution is 0.0952. The van der Waals surface area contributed by atoms with Gasteiger partial charge in [0.15, 0.2) is 0 Å². The van der Waals surface area contributed by atoms with Crippen LogP contribution in [0, 0.1) is 0 Å². The number of hydrogen-bond donors (Lipinski definition) is 2. The fourth-order valence-corrected chi connectivity index (χ4v) is 4.56. The molecule has 1 aliphatic rings. The van der Waals surface area contributed by atoms with Crippen molar-refractivity contribution in [2.24, 2.45) is 0 Å². The van der Waals surface area contributed by atoms with Gasteiger partial charge in [-0.3, -0.25) is 9.78 Å². The molecule has 2 heterocycles. The number of aromatic nitrogens is 1. The second-order valence-electron chi connectivity index (χ2n) is 6.05. The molecule has 3 aromatic rings. The summed E-state index contributed by atoms with van der Waals surface area (Å²) < 4.78 is 5.59. The van der Waals surface area contributed by atoms with E-state index in [1.807, 2.05) is 48.7 Å². The monoisotopic (exact) mass is 397 g/mol. The molecule has 0 saturated heterocycles. The van der Waals surface area contributed by atoms with E-state index in [0.29, 0.717) is 18.7 Å². The third-order valence-corrected chi connectivity index (χ3v) is 6.04. The predicted molar refractivity (Wildman–Crippen MR) is 113 cm³/mol. The largest absolute Gasteiger partial charge is 0.490 e. The third kappa shape index (κ3) is 3.84. The minimum Gasteiger partial charge on any atom is -0.490 e. The molecule has 0 aliphatic carbocycles. The molecule has 4 rings (SSSR count). The standard InChI is InChI=1S/C20H19N3O2S2/c1-26-27-18-7-5-15(14-3-2-8-22-19(14)18)20(24)23-12-13-4-6-17-16(11-13)21-9-10-25-17/h2-8,11,21H,9-10,12H2,1H3,(H,23,24). The molecule has 1 amide bonds. The molecule has 0 unspecified atom stereocenters. The molecule has 1 aromatic heterocycles. The number of amides is 1. The number of pyridine rings is 1. The van der Waals surface area contributed by atoms with Crippen molar-refractivity contribution in [3.05, 3.63) is 59.8 Å². The van der Waals surface area contributed by atoms with Crippen molar-refractivity contribution in [1.82, 2.24) is 10.3 Å². The van der Waals surface area contributed by atoms with Gasteiger partial charge >= 0.3 is 0 Å². The van der Waals surface area contributed by atoms with Crippen molar-refractivity contribution in [1.29, 1.82) is 0 Å². The molecule has 5 nitrogen and oxygen atoms in total. The maximum absolute atomic E-state index is 12.8. The fraction of sp³-hybridized carbons (Fsp3) is 0.200. The maximum atomic E-state index is 12.8. The molecular formula is C20H19N3O2S2. The molecular weight excluding hydrogens is 378 g/mol. The van der Waals surface area contributed by atoms with Crippen LogP contribution in [0.3, 0.4) is 0 Å². The number of carbonyl (C=O) groups excluding carboxylic acids is 1. The zero-order valence-corrected chi connectivity index (χ0v) is 16.5. The van der Waals surface area contributed by atoms with E-state index in [4.69, 9.17) is 4.74 Å². The van der Waals surface area contributed by atoms with Gasteiger partial charge < -0.3 is 15.4 Å². The summed E-state index contributed by atoms with van der Waals surface area (Å²) in [6, 6.07) is 13.6. The lowest BCUT2D eigenvalue weighted by Crippen LogP contribution is -2.23. The Hall–Kier alpha value is -2.38. The Kier molecular flexibility index (Phi) is 5.40. The first-order valence-electron chi connectivity index (χ1n) is 8.62. The van der Waals surface area contributed by atoms with Crippen molar-refractivity contribution in [3.8, 4) is 5.75 Å². The number of ether oxygens (including phenoxy) is 1. The summed E-state index contributed by atoms with van der Waals surface area (Å²) in [7, 11) is 3.31. The summed E-state index contributed by atoms with van der Waals surface area (Å²) in [5, 5.41) is 7.20. The van der Waals surface area contributed by atoms with Gasteiger partial charge in [-0.25, -0.2) is 0 Å². The van der Waals surface area contributed by atoms with Crippen LogP contribution in [-0.2, 0) is 6.54 Å². The zero-order valence-electron chi connectivity index (χ0n) is 14.8. The minimum atomic E-state index is -0.101. The van der Waals surface area contributed by atoms with Crippen molar-refractivity contribution < 1.29 is 9.53 Å². The predicted octanol–water partition coefficient (Wildman–Crippen LogP) is 4.34. The van der Waals surface area contributed by atoms with E-state index in [9.17, 15) is 4.79 Å². The highest BCUT2D eigenvalue weighted by molar-refractivity contribution is 8.76. The van der Waals surface area contributed by atoms with E-state index in [1.54, 1.807) is 27.8 Å². The fourth-order valence-electron chi connectivity index (χ4n) is 3.08. The Balaban J connectivity index is 1.54. The molecule has 2 aromatic carbocycles. The van der Waals surface area contributed by atoms with E-state index < -0.39 is 0 Å². The van der Waals surface area contributed by atoms with Gasteiger partial charge in [-0.1, -0.05) is 33.7 Å². The SMILES string of the molecule is CSSc1ccc(C(=O)NCc2ccc3c(c2)NCCO3)c2cccnc12. The Morgan fingerprint density at radius 1 is 1.30 bits per heavy atom. The van der Waals surface area contributed by atoms with E-state index in [2.05, 4.69) is 15.6 Å². The average molecular weight is 398 g/mol. The first-order valence-corrected chi connectivity index (χ1v) is 11.2. The zero-order chi connectivity index (χ0) is 18.6. The molecule has 7 heteroatoms. The van der Waals surface area contributed by atoms with Crippen molar-refractivity contribution in [2.75, 3.05) is 24.7 Å². The van der Waals surface area contributed by atoms with Crippen molar-refractivity contribution in [3.63, 3.8) is 0 Å². The molecule has 138 valence electrons. The van der Waals surface area contributed by atoms with Crippen molar-refractivity contribution in [2.45, 2.75) is 11.4 Å². The molecule has 1 aliphatic heterocycles. The van der Waals surface area contributed by atoms with E-state index in [-0.39, 0.29) is 5.91 Å². The highest BCUT2D eigenvalue weighted by Gasteiger charge is 2.14. The lowest BCUT2D eigenvalue weighted by Gasteiger charge is -2.19. The van der Waals surface area contributed by atoms with Crippen LogP contribution in [0.5, 0.6) is 5.75 Å². The number of nitrogens with one attached hydrogen (secondary N) is 2. The second-order valence-corrected chi connectivity index (χ2v) is 8.49. The molecule has 2 N–H and O–H groups in total. The summed E-state index contributed by atoms with van der Waals surface area (Å²) in [6.07, 6.45) is 3.79. The number of anilines is 1. The van der Waals surface area contributed by atoms with Gasteiger partial charge in [0.05, 0.1) is 11.2 Å². The number of benzene rings is 2. The van der Waals surface area contributed by atoms with E-state index in [1.165, 1.54) is 0 Å². The van der Waals surface area contributed by atoms with Crippen molar-refractivity contribution >= 4 is 44.1 Å². The molecule has 0 bridgehead atoms. The van der Waals surface area contributed by atoms with Gasteiger partial charge in [0.25, 0.3) is 5.91 Å². The number of rotatable bonds is 5. The van der Waals surface area contributed by atoms with Crippen LogP contribution >= 0.6 is 21.6 Å². The van der Waals surface area contributed by atoms with Gasteiger partial charge in [0.2, 0.25) is 0 Å². The van der Waals surface area contributed by atoms with Crippen LogP contribution in [-0.4, -0.2) is 30.3 Å². The summed E-state index contributed by atoms with van der Waals surface area (Å²) >= 11 is 0. The van der Waals surface area contributed by atoms with Gasteiger partial charge in [0, 0.05) is 35.1 Å². The van der Waals surface area contributed by atoms with Crippen LogP contribution in [0.2, 0.25) is 0 Å². The Labute approximate surface area is 165 Å². The van der Waals surface area contributed by atoms with Crippen LogP contribution in [0.4, 0.5) is 5.69 Å². The molecule has 27 heavy (non-hydrogen) atoms. The third-order valence-electron chi connectivity index (χ3n) is 4.32. The molecule has 0 spiro atoms. The van der Waals surface area contributed by atoms with Gasteiger partial charge in [-0.05, 0) is 42.2 Å². The normalized spacial score (nSPS) is 12.8. The smallest absolute Gasteiger partial charge is 0.252 e.